The minimum atomic E-state index is -0.152. The first-order chi connectivity index (χ1) is 9.72. The molecule has 3 rings (SSSR count). The molecule has 0 bridgehead atoms. The lowest BCUT2D eigenvalue weighted by Gasteiger charge is -2.15. The van der Waals surface area contributed by atoms with E-state index in [1.54, 1.807) is 12.1 Å². The summed E-state index contributed by atoms with van der Waals surface area (Å²) in [6.07, 6.45) is 4.67. The number of nitrogens with zero attached hydrogens (tertiary/aromatic N) is 1. The molecule has 2 saturated carbocycles. The molecule has 2 fully saturated rings. The molecular formula is C16H22FN3. The average Bonchev–Trinajstić information content (AvgIpc) is 3.33. The number of hydrogen-bond acceptors (Lipinski definition) is 1. The molecule has 0 atom stereocenters. The predicted octanol–water partition coefficient (Wildman–Crippen LogP) is 2.57. The highest BCUT2D eigenvalue weighted by Gasteiger charge is 2.44. The minimum Gasteiger partial charge on any atom is -0.357 e. The van der Waals surface area contributed by atoms with E-state index in [2.05, 4.69) is 17.6 Å². The van der Waals surface area contributed by atoms with E-state index in [0.717, 1.165) is 37.5 Å². The largest absolute Gasteiger partial charge is 0.357 e. The Bertz CT molecular complexity index is 504. The first-order valence-corrected chi connectivity index (χ1v) is 7.53. The van der Waals surface area contributed by atoms with Gasteiger partial charge < -0.3 is 10.6 Å². The van der Waals surface area contributed by atoms with Gasteiger partial charge in [-0.3, -0.25) is 4.99 Å². The Labute approximate surface area is 119 Å². The SMILES string of the molecule is CCNC(=NCC1(c2cccc(F)c2)CC1)NC1CC1. The van der Waals surface area contributed by atoms with E-state index in [-0.39, 0.29) is 11.2 Å². The summed E-state index contributed by atoms with van der Waals surface area (Å²) in [4.78, 5) is 4.71. The highest BCUT2D eigenvalue weighted by molar-refractivity contribution is 5.80. The Morgan fingerprint density at radius 1 is 1.40 bits per heavy atom. The maximum atomic E-state index is 13.4. The molecule has 2 aliphatic rings. The van der Waals surface area contributed by atoms with E-state index < -0.39 is 0 Å². The number of benzene rings is 1. The minimum absolute atomic E-state index is 0.0635. The molecule has 20 heavy (non-hydrogen) atoms. The van der Waals surface area contributed by atoms with Crippen LogP contribution in [0.3, 0.4) is 0 Å². The third kappa shape index (κ3) is 3.11. The van der Waals surface area contributed by atoms with Crippen LogP contribution in [-0.4, -0.2) is 25.1 Å². The molecular weight excluding hydrogens is 253 g/mol. The lowest BCUT2D eigenvalue weighted by Crippen LogP contribution is -2.39. The Morgan fingerprint density at radius 2 is 2.20 bits per heavy atom. The Kier molecular flexibility index (Phi) is 3.64. The monoisotopic (exact) mass is 275 g/mol. The standard InChI is InChI=1S/C16H22FN3/c1-2-18-15(20-14-6-7-14)19-11-16(8-9-16)12-4-3-5-13(17)10-12/h3-5,10,14H,2,6-9,11H2,1H3,(H2,18,19,20). The molecule has 0 radical (unpaired) electrons. The number of halogens is 1. The van der Waals surface area contributed by atoms with Crippen LogP contribution in [0.1, 0.15) is 38.2 Å². The summed E-state index contributed by atoms with van der Waals surface area (Å²) in [6.45, 7) is 3.67. The molecule has 0 aromatic heterocycles. The smallest absolute Gasteiger partial charge is 0.191 e. The molecule has 108 valence electrons. The molecule has 1 aromatic rings. The maximum absolute atomic E-state index is 13.4. The van der Waals surface area contributed by atoms with Crippen molar-refractivity contribution in [2.24, 2.45) is 4.99 Å². The van der Waals surface area contributed by atoms with Gasteiger partial charge in [-0.25, -0.2) is 4.39 Å². The van der Waals surface area contributed by atoms with Crippen LogP contribution >= 0.6 is 0 Å². The summed E-state index contributed by atoms with van der Waals surface area (Å²) in [5, 5.41) is 6.70. The topological polar surface area (TPSA) is 36.4 Å². The van der Waals surface area contributed by atoms with Gasteiger partial charge in [0.15, 0.2) is 5.96 Å². The molecule has 1 aromatic carbocycles. The third-order valence-corrected chi connectivity index (χ3v) is 4.09. The van der Waals surface area contributed by atoms with E-state index in [1.807, 2.05) is 6.07 Å². The molecule has 0 heterocycles. The fraction of sp³-hybridized carbons (Fsp3) is 0.562. The van der Waals surface area contributed by atoms with Crippen molar-refractivity contribution in [3.63, 3.8) is 0 Å². The van der Waals surface area contributed by atoms with Crippen LogP contribution in [0.15, 0.2) is 29.3 Å². The van der Waals surface area contributed by atoms with Crippen LogP contribution in [0.25, 0.3) is 0 Å². The van der Waals surface area contributed by atoms with Crippen molar-refractivity contribution in [3.8, 4) is 0 Å². The van der Waals surface area contributed by atoms with Crippen molar-refractivity contribution in [2.45, 2.75) is 44.1 Å². The first-order valence-electron chi connectivity index (χ1n) is 7.53. The highest BCUT2D eigenvalue weighted by Crippen LogP contribution is 2.48. The molecule has 0 amide bonds. The number of hydrogen-bond donors (Lipinski definition) is 2. The fourth-order valence-corrected chi connectivity index (χ4v) is 2.48. The van der Waals surface area contributed by atoms with Crippen molar-refractivity contribution >= 4 is 5.96 Å². The summed E-state index contributed by atoms with van der Waals surface area (Å²) in [5.41, 5.74) is 1.15. The van der Waals surface area contributed by atoms with Crippen LogP contribution in [0, 0.1) is 5.82 Å². The van der Waals surface area contributed by atoms with Gasteiger partial charge in [0.2, 0.25) is 0 Å². The molecule has 0 unspecified atom stereocenters. The number of aliphatic imine (C=N–C) groups is 1. The van der Waals surface area contributed by atoms with E-state index in [1.165, 1.54) is 18.9 Å². The lowest BCUT2D eigenvalue weighted by atomic mass is 9.96. The second-order valence-electron chi connectivity index (χ2n) is 5.90. The van der Waals surface area contributed by atoms with Gasteiger partial charge in [-0.15, -0.1) is 0 Å². The van der Waals surface area contributed by atoms with Crippen molar-refractivity contribution in [1.82, 2.24) is 10.6 Å². The Hall–Kier alpha value is -1.58. The molecule has 0 saturated heterocycles. The van der Waals surface area contributed by atoms with Gasteiger partial charge in [0.1, 0.15) is 5.82 Å². The van der Waals surface area contributed by atoms with Gasteiger partial charge in [0, 0.05) is 18.0 Å². The second-order valence-corrected chi connectivity index (χ2v) is 5.90. The van der Waals surface area contributed by atoms with Crippen LogP contribution in [0.4, 0.5) is 4.39 Å². The fourth-order valence-electron chi connectivity index (χ4n) is 2.48. The molecule has 0 spiro atoms. The second kappa shape index (κ2) is 5.43. The maximum Gasteiger partial charge on any atom is 0.191 e. The third-order valence-electron chi connectivity index (χ3n) is 4.09. The normalized spacial score (nSPS) is 20.6. The molecule has 2 aliphatic carbocycles. The quantitative estimate of drug-likeness (QED) is 0.640. The number of rotatable bonds is 5. The molecule has 3 nitrogen and oxygen atoms in total. The van der Waals surface area contributed by atoms with E-state index >= 15 is 0 Å². The molecule has 2 N–H and O–H groups in total. The number of guanidine groups is 1. The van der Waals surface area contributed by atoms with Gasteiger partial charge in [0.25, 0.3) is 0 Å². The van der Waals surface area contributed by atoms with Gasteiger partial charge in [0.05, 0.1) is 6.54 Å². The summed E-state index contributed by atoms with van der Waals surface area (Å²) in [6, 6.07) is 7.57. The van der Waals surface area contributed by atoms with Crippen LogP contribution in [0.5, 0.6) is 0 Å². The predicted molar refractivity (Wildman–Crippen MR) is 79.4 cm³/mol. The zero-order chi connectivity index (χ0) is 14.0. The van der Waals surface area contributed by atoms with E-state index in [9.17, 15) is 4.39 Å². The van der Waals surface area contributed by atoms with Crippen LogP contribution in [-0.2, 0) is 5.41 Å². The summed E-state index contributed by atoms with van der Waals surface area (Å²) >= 11 is 0. The Balaban J connectivity index is 1.68. The van der Waals surface area contributed by atoms with Crippen LogP contribution in [0.2, 0.25) is 0 Å². The zero-order valence-electron chi connectivity index (χ0n) is 12.0. The first kappa shape index (κ1) is 13.4. The Morgan fingerprint density at radius 3 is 2.80 bits per heavy atom. The summed E-state index contributed by atoms with van der Waals surface area (Å²) < 4.78 is 13.4. The molecule has 4 heteroatoms. The zero-order valence-corrected chi connectivity index (χ0v) is 12.0. The van der Waals surface area contributed by atoms with Crippen molar-refractivity contribution < 1.29 is 4.39 Å². The number of nitrogens with one attached hydrogen (secondary N) is 2. The van der Waals surface area contributed by atoms with Crippen molar-refractivity contribution in [2.75, 3.05) is 13.1 Å². The van der Waals surface area contributed by atoms with Gasteiger partial charge in [-0.1, -0.05) is 12.1 Å². The summed E-state index contributed by atoms with van der Waals surface area (Å²) in [7, 11) is 0. The van der Waals surface area contributed by atoms with E-state index in [4.69, 9.17) is 4.99 Å². The van der Waals surface area contributed by atoms with Gasteiger partial charge >= 0.3 is 0 Å². The van der Waals surface area contributed by atoms with Crippen LogP contribution < -0.4 is 10.6 Å². The van der Waals surface area contributed by atoms with Gasteiger partial charge in [-0.05, 0) is 50.3 Å². The van der Waals surface area contributed by atoms with E-state index in [0.29, 0.717) is 6.04 Å². The van der Waals surface area contributed by atoms with Gasteiger partial charge in [-0.2, -0.15) is 0 Å². The van der Waals surface area contributed by atoms with Crippen molar-refractivity contribution in [1.29, 1.82) is 0 Å². The molecule has 0 aliphatic heterocycles. The lowest BCUT2D eigenvalue weighted by molar-refractivity contribution is 0.615. The summed E-state index contributed by atoms with van der Waals surface area (Å²) in [5.74, 6) is 0.749. The highest BCUT2D eigenvalue weighted by atomic mass is 19.1. The average molecular weight is 275 g/mol. The van der Waals surface area contributed by atoms with Crippen molar-refractivity contribution in [3.05, 3.63) is 35.6 Å².